The Morgan fingerprint density at radius 2 is 1.75 bits per heavy atom. The second kappa shape index (κ2) is 7.05. The molecule has 0 aliphatic carbocycles. The lowest BCUT2D eigenvalue weighted by Gasteiger charge is -2.02. The third kappa shape index (κ3) is 3.22. The number of nitrogens with zero attached hydrogens (tertiary/aromatic N) is 3. The van der Waals surface area contributed by atoms with Crippen molar-refractivity contribution in [3.8, 4) is 5.75 Å². The summed E-state index contributed by atoms with van der Waals surface area (Å²) in [5, 5.41) is 2.60. The van der Waals surface area contributed by atoms with Crippen LogP contribution in [0.5, 0.6) is 5.75 Å². The summed E-state index contributed by atoms with van der Waals surface area (Å²) in [5.41, 5.74) is 3.21. The number of benzene rings is 2. The number of aromatic nitrogens is 2. The zero-order valence-electron chi connectivity index (χ0n) is 15.6. The largest absolute Gasteiger partial charge is 0.497 e. The number of methoxy groups -OCH3 is 1. The highest BCUT2D eigenvalue weighted by Crippen LogP contribution is 2.29. The maximum atomic E-state index is 12.1. The first-order valence-corrected chi connectivity index (χ1v) is 9.37. The van der Waals surface area contributed by atoms with E-state index in [2.05, 4.69) is 10.3 Å². The number of ether oxygens (including phenoxy) is 1. The number of hydrogen-bond acceptors (Lipinski definition) is 5. The minimum Gasteiger partial charge on any atom is -0.497 e. The van der Waals surface area contributed by atoms with Gasteiger partial charge in [-0.25, -0.2) is 9.79 Å². The topological polar surface area (TPSA) is 77.6 Å². The lowest BCUT2D eigenvalue weighted by atomic mass is 10.2. The van der Waals surface area contributed by atoms with Crippen LogP contribution in [-0.2, 0) is 14.1 Å². The minimum absolute atomic E-state index is 0.0753. The highest BCUT2D eigenvalue weighted by atomic mass is 32.2. The van der Waals surface area contributed by atoms with Gasteiger partial charge in [0.1, 0.15) is 11.6 Å². The molecule has 0 spiro atoms. The Kier molecular flexibility index (Phi) is 4.56. The van der Waals surface area contributed by atoms with Gasteiger partial charge >= 0.3 is 5.69 Å². The van der Waals surface area contributed by atoms with Gasteiger partial charge in [-0.1, -0.05) is 6.07 Å². The average Bonchev–Trinajstić information content (AvgIpc) is 3.14. The molecule has 2 heterocycles. The second-order valence-electron chi connectivity index (χ2n) is 6.33. The first-order valence-electron chi connectivity index (χ1n) is 8.55. The Bertz CT molecular complexity index is 1200. The number of carbonyl (C=O) groups excluding carboxylic acids is 1. The molecule has 1 aromatic heterocycles. The van der Waals surface area contributed by atoms with Gasteiger partial charge in [-0.2, -0.15) is 0 Å². The lowest BCUT2D eigenvalue weighted by molar-refractivity contribution is 0.265. The lowest BCUT2D eigenvalue weighted by Crippen LogP contribution is -2.19. The number of thioether (sulfide) groups is 1. The van der Waals surface area contributed by atoms with E-state index >= 15 is 0 Å². The number of amides is 1. The molecule has 1 amide bonds. The molecule has 1 fully saturated rings. The summed E-state index contributed by atoms with van der Waals surface area (Å²) >= 11 is 1.10. The molecular weight excluding hydrogens is 376 g/mol. The number of nitrogens with one attached hydrogen (secondary N) is 1. The summed E-state index contributed by atoms with van der Waals surface area (Å²) in [6, 6.07) is 13.0. The summed E-state index contributed by atoms with van der Waals surface area (Å²) in [4.78, 5) is 29.3. The van der Waals surface area contributed by atoms with Crippen molar-refractivity contribution in [3.05, 3.63) is 63.4 Å². The average molecular weight is 394 g/mol. The Morgan fingerprint density at radius 1 is 1.04 bits per heavy atom. The molecule has 0 atom stereocenters. The van der Waals surface area contributed by atoms with E-state index in [1.165, 1.54) is 0 Å². The number of aryl methyl sites for hydroxylation is 2. The molecule has 1 aliphatic heterocycles. The molecule has 1 saturated heterocycles. The number of imidazole rings is 1. The third-order valence-electron chi connectivity index (χ3n) is 4.56. The van der Waals surface area contributed by atoms with Gasteiger partial charge in [0, 0.05) is 14.1 Å². The van der Waals surface area contributed by atoms with Gasteiger partial charge in [0.05, 0.1) is 28.7 Å². The molecule has 3 aromatic rings. The molecule has 142 valence electrons. The summed E-state index contributed by atoms with van der Waals surface area (Å²) in [6.07, 6.45) is 1.89. The van der Waals surface area contributed by atoms with Crippen LogP contribution in [0.25, 0.3) is 17.1 Å². The normalized spacial score (nSPS) is 16.9. The number of amidine groups is 1. The van der Waals surface area contributed by atoms with Crippen molar-refractivity contribution in [2.45, 2.75) is 0 Å². The first-order chi connectivity index (χ1) is 13.5. The predicted molar refractivity (Wildman–Crippen MR) is 112 cm³/mol. The summed E-state index contributed by atoms with van der Waals surface area (Å²) < 4.78 is 8.37. The van der Waals surface area contributed by atoms with E-state index in [1.54, 1.807) is 30.3 Å². The summed E-state index contributed by atoms with van der Waals surface area (Å²) in [5.74, 6) is 1.24. The van der Waals surface area contributed by atoms with E-state index in [0.717, 1.165) is 39.0 Å². The number of carbonyl (C=O) groups is 1. The molecule has 7 nitrogen and oxygen atoms in total. The zero-order valence-corrected chi connectivity index (χ0v) is 16.4. The predicted octanol–water partition coefficient (Wildman–Crippen LogP) is 3.41. The van der Waals surface area contributed by atoms with Crippen LogP contribution in [0.3, 0.4) is 0 Å². The van der Waals surface area contributed by atoms with Gasteiger partial charge in [0.25, 0.3) is 5.24 Å². The van der Waals surface area contributed by atoms with Crippen LogP contribution >= 0.6 is 11.8 Å². The van der Waals surface area contributed by atoms with E-state index in [-0.39, 0.29) is 10.9 Å². The van der Waals surface area contributed by atoms with Crippen LogP contribution in [0.2, 0.25) is 0 Å². The Labute approximate surface area is 165 Å². The fourth-order valence-corrected chi connectivity index (χ4v) is 3.80. The van der Waals surface area contributed by atoms with Gasteiger partial charge < -0.3 is 10.1 Å². The minimum atomic E-state index is -0.174. The summed E-state index contributed by atoms with van der Waals surface area (Å²) in [7, 11) is 5.10. The van der Waals surface area contributed by atoms with E-state index in [4.69, 9.17) is 4.74 Å². The quantitative estimate of drug-likeness (QED) is 0.738. The Hall–Kier alpha value is -3.26. The molecule has 0 bridgehead atoms. The summed E-state index contributed by atoms with van der Waals surface area (Å²) in [6.45, 7) is 0. The van der Waals surface area contributed by atoms with E-state index in [9.17, 15) is 9.59 Å². The third-order valence-corrected chi connectivity index (χ3v) is 5.38. The fourth-order valence-electron chi connectivity index (χ4n) is 3.06. The first kappa shape index (κ1) is 18.1. The maximum Gasteiger partial charge on any atom is 0.328 e. The number of rotatable bonds is 3. The Balaban J connectivity index is 1.73. The zero-order chi connectivity index (χ0) is 19.8. The molecule has 8 heteroatoms. The molecule has 2 aromatic carbocycles. The van der Waals surface area contributed by atoms with Crippen LogP contribution in [-0.4, -0.2) is 27.3 Å². The van der Waals surface area contributed by atoms with E-state index < -0.39 is 0 Å². The van der Waals surface area contributed by atoms with Gasteiger partial charge in [0.2, 0.25) is 0 Å². The van der Waals surface area contributed by atoms with E-state index in [0.29, 0.717) is 11.5 Å². The number of fused-ring (bicyclic) bond motifs is 1. The molecule has 0 saturated carbocycles. The van der Waals surface area contributed by atoms with E-state index in [1.807, 2.05) is 48.5 Å². The van der Waals surface area contributed by atoms with Crippen molar-refractivity contribution in [1.29, 1.82) is 0 Å². The molecule has 0 unspecified atom stereocenters. The molecule has 4 rings (SSSR count). The van der Waals surface area contributed by atoms with Gasteiger partial charge in [-0.05, 0) is 59.8 Å². The highest BCUT2D eigenvalue weighted by molar-refractivity contribution is 8.18. The standard InChI is InChI=1S/C20H18N4O3S/c1-23-15-9-4-12(10-16(15)24(2)20(23)26)11-17-18(22-19(25)28-17)21-13-5-7-14(27-3)8-6-13/h4-11H,1-3H3,(H,21,22,25). The van der Waals surface area contributed by atoms with Gasteiger partial charge in [0.15, 0.2) is 0 Å². The molecule has 1 aliphatic rings. The monoisotopic (exact) mass is 394 g/mol. The van der Waals surface area contributed by atoms with Crippen molar-refractivity contribution < 1.29 is 9.53 Å². The second-order valence-corrected chi connectivity index (χ2v) is 7.35. The molecular formula is C20H18N4O3S. The van der Waals surface area contributed by atoms with Crippen molar-refractivity contribution in [3.63, 3.8) is 0 Å². The van der Waals surface area contributed by atoms with Crippen LogP contribution in [0.1, 0.15) is 5.56 Å². The fraction of sp³-hybridized carbons (Fsp3) is 0.150. The van der Waals surface area contributed by atoms with Crippen LogP contribution in [0.15, 0.2) is 57.2 Å². The molecule has 28 heavy (non-hydrogen) atoms. The number of aliphatic imine (C=N–C) groups is 1. The SMILES string of the molecule is COc1ccc(N=C2NC(=O)SC2=Cc2ccc3c(c2)n(C)c(=O)n3C)cc1. The maximum absolute atomic E-state index is 12.1. The Morgan fingerprint density at radius 3 is 2.46 bits per heavy atom. The molecule has 0 radical (unpaired) electrons. The smallest absolute Gasteiger partial charge is 0.328 e. The van der Waals surface area contributed by atoms with Crippen molar-refractivity contribution in [1.82, 2.24) is 14.5 Å². The van der Waals surface area contributed by atoms with Crippen LogP contribution in [0, 0.1) is 0 Å². The van der Waals surface area contributed by atoms with Crippen LogP contribution in [0.4, 0.5) is 10.5 Å². The molecule has 1 N–H and O–H groups in total. The van der Waals surface area contributed by atoms with Crippen molar-refractivity contribution in [2.75, 3.05) is 7.11 Å². The highest BCUT2D eigenvalue weighted by Gasteiger charge is 2.23. The van der Waals surface area contributed by atoms with Crippen molar-refractivity contribution >= 4 is 45.6 Å². The van der Waals surface area contributed by atoms with Crippen LogP contribution < -0.4 is 15.7 Å². The van der Waals surface area contributed by atoms with Crippen molar-refractivity contribution in [2.24, 2.45) is 19.1 Å². The van der Waals surface area contributed by atoms with Gasteiger partial charge in [-0.3, -0.25) is 13.9 Å². The number of hydrogen-bond donors (Lipinski definition) is 1. The van der Waals surface area contributed by atoms with Gasteiger partial charge in [-0.15, -0.1) is 0 Å².